The number of benzene rings is 2. The quantitative estimate of drug-likeness (QED) is 0.515. The highest BCUT2D eigenvalue weighted by Crippen LogP contribution is 2.18. The van der Waals surface area contributed by atoms with Crippen molar-refractivity contribution in [2.24, 2.45) is 7.05 Å². The van der Waals surface area contributed by atoms with E-state index in [-0.39, 0.29) is 11.4 Å². The van der Waals surface area contributed by atoms with E-state index in [0.29, 0.717) is 17.1 Å². The topological polar surface area (TPSA) is 111 Å². The predicted molar refractivity (Wildman–Crippen MR) is 120 cm³/mol. The zero-order chi connectivity index (χ0) is 23.0. The van der Waals surface area contributed by atoms with Gasteiger partial charge in [0.05, 0.1) is 17.1 Å². The normalized spacial score (nSPS) is 10.8. The second-order valence-electron chi connectivity index (χ2n) is 7.36. The second kappa shape index (κ2) is 8.03. The van der Waals surface area contributed by atoms with Crippen LogP contribution in [0.25, 0.3) is 11.4 Å². The van der Waals surface area contributed by atoms with Gasteiger partial charge in [0.25, 0.3) is 17.0 Å². The number of carbonyl (C=O) groups excluding carboxylic acids is 1. The number of aromatic nitrogens is 4. The summed E-state index contributed by atoms with van der Waals surface area (Å²) < 4.78 is 4.07. The maximum atomic E-state index is 13.0. The first-order valence-electron chi connectivity index (χ1n) is 9.83. The molecule has 0 aliphatic carbocycles. The highest BCUT2D eigenvalue weighted by molar-refractivity contribution is 6.04. The Morgan fingerprint density at radius 3 is 2.34 bits per heavy atom. The van der Waals surface area contributed by atoms with Crippen LogP contribution in [0.2, 0.25) is 0 Å². The van der Waals surface area contributed by atoms with Crippen LogP contribution in [0.3, 0.4) is 0 Å². The first kappa shape index (κ1) is 20.9. The largest absolute Gasteiger partial charge is 0.505 e. The molecule has 0 atom stereocenters. The molecule has 4 aromatic rings. The fourth-order valence-electron chi connectivity index (χ4n) is 3.44. The third kappa shape index (κ3) is 3.60. The summed E-state index contributed by atoms with van der Waals surface area (Å²) in [5.74, 6) is -1.39. The van der Waals surface area contributed by atoms with E-state index in [1.54, 1.807) is 61.1 Å². The average Bonchev–Trinajstić information content (AvgIpc) is 2.97. The fourth-order valence-corrected chi connectivity index (χ4v) is 3.44. The Balaban J connectivity index is 1.75. The molecule has 0 fully saturated rings. The van der Waals surface area contributed by atoms with Gasteiger partial charge in [-0.3, -0.25) is 19.1 Å². The number of hydrogen-bond acceptors (Lipinski definition) is 5. The van der Waals surface area contributed by atoms with E-state index in [4.69, 9.17) is 0 Å². The number of rotatable bonds is 4. The lowest BCUT2D eigenvalue weighted by Gasteiger charge is -2.09. The third-order valence-electron chi connectivity index (χ3n) is 5.17. The molecule has 0 unspecified atom stereocenters. The summed E-state index contributed by atoms with van der Waals surface area (Å²) in [6, 6.07) is 16.9. The Morgan fingerprint density at radius 1 is 0.969 bits per heavy atom. The minimum Gasteiger partial charge on any atom is -0.505 e. The van der Waals surface area contributed by atoms with Gasteiger partial charge in [0, 0.05) is 13.1 Å². The first-order chi connectivity index (χ1) is 15.3. The number of carbonyl (C=O) groups is 1. The van der Waals surface area contributed by atoms with Crippen LogP contribution in [-0.2, 0) is 7.05 Å². The van der Waals surface area contributed by atoms with Crippen molar-refractivity contribution < 1.29 is 9.90 Å². The van der Waals surface area contributed by atoms with Crippen molar-refractivity contribution in [1.82, 2.24) is 19.1 Å². The lowest BCUT2D eigenvalue weighted by Crippen LogP contribution is -2.27. The number of anilines is 1. The molecule has 2 aromatic carbocycles. The summed E-state index contributed by atoms with van der Waals surface area (Å²) in [7, 11) is 1.70. The van der Waals surface area contributed by atoms with Crippen LogP contribution in [-0.4, -0.2) is 30.2 Å². The van der Waals surface area contributed by atoms with Crippen LogP contribution in [0.15, 0.2) is 70.3 Å². The number of aromatic hydroxyl groups is 1. The Morgan fingerprint density at radius 2 is 1.66 bits per heavy atom. The second-order valence-corrected chi connectivity index (χ2v) is 7.36. The summed E-state index contributed by atoms with van der Waals surface area (Å²) in [6.45, 7) is 3.55. The minimum absolute atomic E-state index is 0.0517. The molecule has 162 valence electrons. The molecule has 9 nitrogen and oxygen atoms in total. The van der Waals surface area contributed by atoms with Crippen molar-refractivity contribution in [3.8, 4) is 17.1 Å². The monoisotopic (exact) mass is 431 g/mol. The number of para-hydroxylation sites is 1. The molecule has 1 amide bonds. The molecule has 0 aliphatic rings. The lowest BCUT2D eigenvalue weighted by atomic mass is 10.2. The zero-order valence-electron chi connectivity index (χ0n) is 17.7. The predicted octanol–water partition coefficient (Wildman–Crippen LogP) is 2.30. The van der Waals surface area contributed by atoms with Crippen LogP contribution in [0.4, 0.5) is 5.69 Å². The molecule has 4 rings (SSSR count). The van der Waals surface area contributed by atoms with Crippen molar-refractivity contribution in [2.45, 2.75) is 13.8 Å². The maximum Gasteiger partial charge on any atom is 0.295 e. The standard InChI is InChI=1S/C23H21N5O4/c1-14-8-7-11-17(12-14)27-19(30)13-18(29)21(25-27)22(31)24-20-15(2)26(3)28(23(20)32)16-9-5-4-6-10-16/h4-13,29H,1-3H3,(H,24,31). The highest BCUT2D eigenvalue weighted by atomic mass is 16.3. The molecule has 2 aromatic heterocycles. The van der Waals surface area contributed by atoms with E-state index in [9.17, 15) is 19.5 Å². The maximum absolute atomic E-state index is 13.0. The molecular weight excluding hydrogens is 410 g/mol. The van der Waals surface area contributed by atoms with Gasteiger partial charge in [0.1, 0.15) is 5.69 Å². The number of nitrogens with one attached hydrogen (secondary N) is 1. The molecule has 9 heteroatoms. The van der Waals surface area contributed by atoms with E-state index in [1.165, 1.54) is 4.68 Å². The molecule has 0 radical (unpaired) electrons. The van der Waals surface area contributed by atoms with Crippen molar-refractivity contribution in [2.75, 3.05) is 5.32 Å². The first-order valence-corrected chi connectivity index (χ1v) is 9.83. The molecule has 0 saturated carbocycles. The summed E-state index contributed by atoms with van der Waals surface area (Å²) in [6.07, 6.45) is 0. The van der Waals surface area contributed by atoms with Gasteiger partial charge < -0.3 is 10.4 Å². The summed E-state index contributed by atoms with van der Waals surface area (Å²) in [4.78, 5) is 38.3. The molecule has 0 spiro atoms. The molecule has 2 heterocycles. The van der Waals surface area contributed by atoms with Crippen LogP contribution >= 0.6 is 0 Å². The van der Waals surface area contributed by atoms with Crippen molar-refractivity contribution in [3.05, 3.63) is 98.3 Å². The molecule has 32 heavy (non-hydrogen) atoms. The van der Waals surface area contributed by atoms with Crippen LogP contribution < -0.4 is 16.4 Å². The fraction of sp³-hybridized carbons (Fsp3) is 0.130. The van der Waals surface area contributed by atoms with E-state index < -0.39 is 22.8 Å². The van der Waals surface area contributed by atoms with Crippen LogP contribution in [0.1, 0.15) is 21.7 Å². The van der Waals surface area contributed by atoms with Crippen LogP contribution in [0.5, 0.6) is 5.75 Å². The molecule has 0 saturated heterocycles. The highest BCUT2D eigenvalue weighted by Gasteiger charge is 2.22. The average molecular weight is 431 g/mol. The smallest absolute Gasteiger partial charge is 0.295 e. The summed E-state index contributed by atoms with van der Waals surface area (Å²) in [5, 5.41) is 16.8. The van der Waals surface area contributed by atoms with Gasteiger partial charge in [0.2, 0.25) is 0 Å². The molecule has 0 bridgehead atoms. The summed E-state index contributed by atoms with van der Waals surface area (Å²) >= 11 is 0. The number of aryl methyl sites for hydroxylation is 1. The van der Waals surface area contributed by atoms with E-state index in [1.807, 2.05) is 19.1 Å². The molecule has 2 N–H and O–H groups in total. The van der Waals surface area contributed by atoms with Crippen molar-refractivity contribution in [3.63, 3.8) is 0 Å². The van der Waals surface area contributed by atoms with Crippen LogP contribution in [0, 0.1) is 13.8 Å². The molecule has 0 aliphatic heterocycles. The van der Waals surface area contributed by atoms with Gasteiger partial charge in [-0.25, -0.2) is 4.68 Å². The number of nitrogens with zero attached hydrogens (tertiary/aromatic N) is 4. The number of amides is 1. The summed E-state index contributed by atoms with van der Waals surface area (Å²) in [5.41, 5.74) is 1.15. The Labute approximate surface area is 182 Å². The Hall–Kier alpha value is -4.40. The van der Waals surface area contributed by atoms with E-state index in [0.717, 1.165) is 16.3 Å². The zero-order valence-corrected chi connectivity index (χ0v) is 17.7. The van der Waals surface area contributed by atoms with Gasteiger partial charge in [-0.1, -0.05) is 30.3 Å². The van der Waals surface area contributed by atoms with E-state index >= 15 is 0 Å². The van der Waals surface area contributed by atoms with Crippen molar-refractivity contribution in [1.29, 1.82) is 0 Å². The van der Waals surface area contributed by atoms with Crippen molar-refractivity contribution >= 4 is 11.6 Å². The van der Waals surface area contributed by atoms with E-state index in [2.05, 4.69) is 10.4 Å². The van der Waals surface area contributed by atoms with Gasteiger partial charge >= 0.3 is 0 Å². The lowest BCUT2D eigenvalue weighted by molar-refractivity contribution is 0.101. The van der Waals surface area contributed by atoms with Gasteiger partial charge in [-0.05, 0) is 43.7 Å². The third-order valence-corrected chi connectivity index (χ3v) is 5.17. The molecular formula is C23H21N5O4. The Bertz CT molecular complexity index is 1450. The number of hydrogen-bond donors (Lipinski definition) is 2. The minimum atomic E-state index is -0.810. The van der Waals surface area contributed by atoms with Gasteiger partial charge in [0.15, 0.2) is 11.4 Å². The SMILES string of the molecule is Cc1cccc(-n2nc(C(=O)Nc3c(C)n(C)n(-c4ccccc4)c3=O)c(O)cc2=O)c1. The Kier molecular flexibility index (Phi) is 5.23. The van der Waals surface area contributed by atoms with Gasteiger partial charge in [-0.2, -0.15) is 9.78 Å². The van der Waals surface area contributed by atoms with Gasteiger partial charge in [-0.15, -0.1) is 0 Å².